The van der Waals surface area contributed by atoms with E-state index in [9.17, 15) is 13.2 Å². The molecule has 0 unspecified atom stereocenters. The van der Waals surface area contributed by atoms with Gasteiger partial charge in [-0.05, 0) is 57.0 Å². The molecular formula is C22H26N4O4S2. The molecule has 3 aromatic rings. The van der Waals surface area contributed by atoms with Gasteiger partial charge in [0.15, 0.2) is 0 Å². The van der Waals surface area contributed by atoms with Crippen LogP contribution in [0.5, 0.6) is 5.75 Å². The molecule has 1 amide bonds. The Bertz CT molecular complexity index is 1250. The van der Waals surface area contributed by atoms with Gasteiger partial charge in [-0.3, -0.25) is 9.52 Å². The molecule has 0 spiro atoms. The number of carbonyl (C=O) groups is 1. The fourth-order valence-electron chi connectivity index (χ4n) is 3.79. The van der Waals surface area contributed by atoms with Crippen LogP contribution in [0.3, 0.4) is 0 Å². The number of nitrogens with one attached hydrogen (secondary N) is 1. The monoisotopic (exact) mass is 474 g/mol. The number of rotatable bonds is 6. The first-order chi connectivity index (χ1) is 15.2. The lowest BCUT2D eigenvalue weighted by Gasteiger charge is -2.13. The maximum absolute atomic E-state index is 13.1. The van der Waals surface area contributed by atoms with Crippen LogP contribution in [0.4, 0.5) is 5.69 Å². The van der Waals surface area contributed by atoms with Crippen LogP contribution in [0.2, 0.25) is 0 Å². The highest BCUT2D eigenvalue weighted by Crippen LogP contribution is 2.34. The second kappa shape index (κ2) is 8.59. The van der Waals surface area contributed by atoms with Crippen molar-refractivity contribution < 1.29 is 17.9 Å². The van der Waals surface area contributed by atoms with Gasteiger partial charge in [0.05, 0.1) is 18.5 Å². The normalized spacial score (nSPS) is 14.1. The SMILES string of the molecule is COc1ccc(NS(=O)(=O)c2cc(-c3nc(C)c(C(=O)N4CCCC4)s3)n(C)c2C)cc1. The van der Waals surface area contributed by atoms with Crippen molar-refractivity contribution in [1.82, 2.24) is 14.5 Å². The zero-order valence-corrected chi connectivity index (χ0v) is 20.1. The Kier molecular flexibility index (Phi) is 6.00. The summed E-state index contributed by atoms with van der Waals surface area (Å²) < 4.78 is 35.7. The highest BCUT2D eigenvalue weighted by atomic mass is 32.2. The number of likely N-dealkylation sites (tertiary alicyclic amines) is 1. The zero-order chi connectivity index (χ0) is 23.0. The maximum atomic E-state index is 13.1. The van der Waals surface area contributed by atoms with Crippen LogP contribution in [0.25, 0.3) is 10.7 Å². The van der Waals surface area contributed by atoms with Crippen molar-refractivity contribution in [2.75, 3.05) is 24.9 Å². The minimum atomic E-state index is -3.82. The molecule has 1 N–H and O–H groups in total. The van der Waals surface area contributed by atoms with E-state index in [1.165, 1.54) is 11.3 Å². The van der Waals surface area contributed by atoms with Crippen molar-refractivity contribution in [3.63, 3.8) is 0 Å². The lowest BCUT2D eigenvalue weighted by Crippen LogP contribution is -2.27. The van der Waals surface area contributed by atoms with Crippen LogP contribution in [-0.2, 0) is 17.1 Å². The predicted octanol–water partition coefficient (Wildman–Crippen LogP) is 3.81. The quantitative estimate of drug-likeness (QED) is 0.586. The Morgan fingerprint density at radius 2 is 1.81 bits per heavy atom. The molecule has 32 heavy (non-hydrogen) atoms. The third kappa shape index (κ3) is 4.12. The Balaban J connectivity index is 1.65. The van der Waals surface area contributed by atoms with Gasteiger partial charge in [0.1, 0.15) is 20.5 Å². The lowest BCUT2D eigenvalue weighted by molar-refractivity contribution is 0.0796. The Hall–Kier alpha value is -2.85. The molecule has 0 aliphatic carbocycles. The number of amides is 1. The highest BCUT2D eigenvalue weighted by Gasteiger charge is 2.27. The fraction of sp³-hybridized carbons (Fsp3) is 0.364. The molecule has 1 fully saturated rings. The van der Waals surface area contributed by atoms with Crippen molar-refractivity contribution in [2.45, 2.75) is 31.6 Å². The number of nitrogens with zero attached hydrogens (tertiary/aromatic N) is 3. The van der Waals surface area contributed by atoms with E-state index in [-0.39, 0.29) is 10.8 Å². The molecule has 0 saturated carbocycles. The summed E-state index contributed by atoms with van der Waals surface area (Å²) in [4.78, 5) is 20.1. The molecule has 8 nitrogen and oxygen atoms in total. The first kappa shape index (κ1) is 22.3. The molecule has 170 valence electrons. The second-order valence-electron chi connectivity index (χ2n) is 7.81. The van der Waals surface area contributed by atoms with Crippen molar-refractivity contribution in [1.29, 1.82) is 0 Å². The minimum Gasteiger partial charge on any atom is -0.497 e. The van der Waals surface area contributed by atoms with E-state index < -0.39 is 10.0 Å². The number of benzene rings is 1. The Morgan fingerprint density at radius 1 is 1.16 bits per heavy atom. The summed E-state index contributed by atoms with van der Waals surface area (Å²) in [6.45, 7) is 5.12. The third-order valence-electron chi connectivity index (χ3n) is 5.72. The highest BCUT2D eigenvalue weighted by molar-refractivity contribution is 7.92. The fourth-order valence-corrected chi connectivity index (χ4v) is 6.22. The van der Waals surface area contributed by atoms with Crippen LogP contribution in [-0.4, -0.2) is 49.0 Å². The molecule has 0 atom stereocenters. The predicted molar refractivity (Wildman–Crippen MR) is 125 cm³/mol. The molecular weight excluding hydrogens is 448 g/mol. The Labute approximate surface area is 191 Å². The number of hydrogen-bond acceptors (Lipinski definition) is 6. The molecule has 0 bridgehead atoms. The number of carbonyl (C=O) groups excluding carboxylic acids is 1. The van der Waals surface area contributed by atoms with Crippen molar-refractivity contribution in [3.8, 4) is 16.5 Å². The summed E-state index contributed by atoms with van der Waals surface area (Å²) in [5, 5.41) is 0.626. The van der Waals surface area contributed by atoms with Crippen LogP contribution >= 0.6 is 11.3 Å². The summed E-state index contributed by atoms with van der Waals surface area (Å²) >= 11 is 1.31. The molecule has 1 aromatic carbocycles. The summed E-state index contributed by atoms with van der Waals surface area (Å²) in [6, 6.07) is 8.30. The minimum absolute atomic E-state index is 0.00342. The van der Waals surface area contributed by atoms with Crippen molar-refractivity contribution >= 4 is 33.0 Å². The number of aromatic nitrogens is 2. The van der Waals surface area contributed by atoms with Gasteiger partial charge in [-0.15, -0.1) is 11.3 Å². The van der Waals surface area contributed by atoms with Gasteiger partial charge in [0.2, 0.25) is 0 Å². The molecule has 3 heterocycles. The van der Waals surface area contributed by atoms with E-state index in [0.717, 1.165) is 25.9 Å². The average molecular weight is 475 g/mol. The first-order valence-corrected chi connectivity index (χ1v) is 12.6. The number of anilines is 1. The molecule has 0 radical (unpaired) electrons. The molecule has 10 heteroatoms. The molecule has 4 rings (SSSR count). The largest absolute Gasteiger partial charge is 0.497 e. The van der Waals surface area contributed by atoms with E-state index in [1.807, 2.05) is 11.8 Å². The van der Waals surface area contributed by atoms with E-state index in [4.69, 9.17) is 4.74 Å². The lowest BCUT2D eigenvalue weighted by atomic mass is 10.3. The topological polar surface area (TPSA) is 93.5 Å². The van der Waals surface area contributed by atoms with Crippen LogP contribution in [0.1, 0.15) is 33.9 Å². The summed E-state index contributed by atoms with van der Waals surface area (Å²) in [5.41, 5.74) is 2.35. The van der Waals surface area contributed by atoms with Crippen LogP contribution in [0.15, 0.2) is 35.2 Å². The third-order valence-corrected chi connectivity index (χ3v) is 8.39. The number of thiazole rings is 1. The second-order valence-corrected chi connectivity index (χ2v) is 10.5. The summed E-state index contributed by atoms with van der Waals surface area (Å²) in [5.74, 6) is 0.647. The number of ether oxygens (including phenoxy) is 1. The smallest absolute Gasteiger partial charge is 0.265 e. The standard InChI is InChI=1S/C22H26N4O4S2/c1-14-20(22(27)26-11-5-6-12-26)31-21(23-14)18-13-19(15(2)25(18)3)32(28,29)24-16-7-9-17(30-4)10-8-16/h7-10,13,24H,5-6,11-12H2,1-4H3. The van der Waals surface area contributed by atoms with Gasteiger partial charge in [0.25, 0.3) is 15.9 Å². The first-order valence-electron chi connectivity index (χ1n) is 10.3. The number of aryl methyl sites for hydroxylation is 1. The molecule has 2 aromatic heterocycles. The number of hydrogen-bond donors (Lipinski definition) is 1. The van der Waals surface area contributed by atoms with Gasteiger partial charge < -0.3 is 14.2 Å². The average Bonchev–Trinajstić information content (AvgIpc) is 3.49. The van der Waals surface area contributed by atoms with Crippen LogP contribution in [0, 0.1) is 13.8 Å². The van der Waals surface area contributed by atoms with Crippen molar-refractivity contribution in [2.24, 2.45) is 7.05 Å². The summed E-state index contributed by atoms with van der Waals surface area (Å²) in [6.07, 6.45) is 2.05. The zero-order valence-electron chi connectivity index (χ0n) is 18.5. The molecule has 1 aliphatic rings. The van der Waals surface area contributed by atoms with Gasteiger partial charge >= 0.3 is 0 Å². The van der Waals surface area contributed by atoms with Gasteiger partial charge in [0, 0.05) is 31.5 Å². The number of methoxy groups -OCH3 is 1. The van der Waals surface area contributed by atoms with Crippen LogP contribution < -0.4 is 9.46 Å². The van der Waals surface area contributed by atoms with Gasteiger partial charge in [-0.25, -0.2) is 13.4 Å². The summed E-state index contributed by atoms with van der Waals surface area (Å²) in [7, 11) is -0.461. The van der Waals surface area contributed by atoms with E-state index in [0.29, 0.717) is 38.4 Å². The molecule has 1 saturated heterocycles. The number of sulfonamides is 1. The molecule has 1 aliphatic heterocycles. The van der Waals surface area contributed by atoms with E-state index >= 15 is 0 Å². The van der Waals surface area contributed by atoms with E-state index in [1.54, 1.807) is 56.0 Å². The van der Waals surface area contributed by atoms with Gasteiger partial charge in [-0.1, -0.05) is 0 Å². The maximum Gasteiger partial charge on any atom is 0.265 e. The van der Waals surface area contributed by atoms with Crippen molar-refractivity contribution in [3.05, 3.63) is 46.6 Å². The van der Waals surface area contributed by atoms with E-state index in [2.05, 4.69) is 9.71 Å². The van der Waals surface area contributed by atoms with Gasteiger partial charge in [-0.2, -0.15) is 0 Å². The Morgan fingerprint density at radius 3 is 2.44 bits per heavy atom.